The Hall–Kier alpha value is -2.22. The van der Waals surface area contributed by atoms with Crippen molar-refractivity contribution in [2.45, 2.75) is 13.3 Å². The third-order valence-corrected chi connectivity index (χ3v) is 3.41. The molecule has 1 heterocycles. The number of halogens is 2. The smallest absolute Gasteiger partial charge is 0.340 e. The van der Waals surface area contributed by atoms with E-state index in [1.165, 1.54) is 18.2 Å². The molecule has 0 spiro atoms. The molecule has 118 valence electrons. The fourth-order valence-corrected chi connectivity index (χ4v) is 1.89. The third kappa shape index (κ3) is 3.16. The minimum Gasteiger partial charge on any atom is -0.488 e. The van der Waals surface area contributed by atoms with Gasteiger partial charge in [0.25, 0.3) is 6.43 Å². The Bertz CT molecular complexity index is 751. The maximum absolute atomic E-state index is 12.9. The summed E-state index contributed by atoms with van der Waals surface area (Å²) in [7, 11) is 0. The summed E-state index contributed by atoms with van der Waals surface area (Å²) in [6, 6.07) is 4.20. The fraction of sp³-hybridized carbons (Fsp3) is 0.214. The maximum Gasteiger partial charge on any atom is 0.340 e. The number of fused-ring (bicyclic) bond motifs is 1. The molecule has 0 bridgehead atoms. The highest BCUT2D eigenvalue weighted by Crippen LogP contribution is 2.34. The molecule has 0 saturated heterocycles. The van der Waals surface area contributed by atoms with Gasteiger partial charge in [0.1, 0.15) is 23.5 Å². The Labute approximate surface area is 129 Å². The van der Waals surface area contributed by atoms with Crippen LogP contribution in [0.1, 0.15) is 29.5 Å². The lowest BCUT2D eigenvalue weighted by Gasteiger charge is -2.07. The minimum atomic E-state index is -3.02. The van der Waals surface area contributed by atoms with E-state index in [1.807, 2.05) is 0 Å². The molecule has 0 atom stereocenters. The number of rotatable bonds is 5. The number of carboxylic acids is 1. The van der Waals surface area contributed by atoms with Crippen molar-refractivity contribution in [2.75, 3.05) is 6.61 Å². The van der Waals surface area contributed by atoms with Crippen molar-refractivity contribution in [1.82, 2.24) is 0 Å². The molecule has 5 nitrogen and oxygen atoms in total. The first-order valence-electron chi connectivity index (χ1n) is 6.16. The highest BCUT2D eigenvalue weighted by atomic mass is 32.1. The summed E-state index contributed by atoms with van der Waals surface area (Å²) in [5.41, 5.74) is 5.51. The molecule has 0 aliphatic carbocycles. The van der Waals surface area contributed by atoms with Crippen LogP contribution < -0.4 is 10.5 Å². The number of benzene rings is 1. The van der Waals surface area contributed by atoms with E-state index in [1.54, 1.807) is 6.92 Å². The van der Waals surface area contributed by atoms with Gasteiger partial charge < -0.3 is 20.0 Å². The molecule has 0 amide bonds. The van der Waals surface area contributed by atoms with Crippen molar-refractivity contribution in [3.05, 3.63) is 40.1 Å². The molecule has 22 heavy (non-hydrogen) atoms. The van der Waals surface area contributed by atoms with Gasteiger partial charge >= 0.3 is 5.97 Å². The van der Waals surface area contributed by atoms with E-state index in [2.05, 4.69) is 12.6 Å². The van der Waals surface area contributed by atoms with Crippen LogP contribution in [0.25, 0.3) is 11.0 Å². The molecule has 1 aromatic heterocycles. The average molecular weight is 329 g/mol. The van der Waals surface area contributed by atoms with Crippen molar-refractivity contribution in [1.29, 1.82) is 0 Å². The normalized spacial score (nSPS) is 12.6. The summed E-state index contributed by atoms with van der Waals surface area (Å²) in [5, 5.41) is 9.16. The fourth-order valence-electron chi connectivity index (χ4n) is 1.83. The second kappa shape index (κ2) is 6.27. The van der Waals surface area contributed by atoms with E-state index in [0.29, 0.717) is 16.4 Å². The maximum atomic E-state index is 12.9. The second-order valence-electron chi connectivity index (χ2n) is 4.52. The zero-order valence-corrected chi connectivity index (χ0v) is 12.4. The zero-order valence-electron chi connectivity index (χ0n) is 11.5. The Morgan fingerprint density at radius 3 is 2.73 bits per heavy atom. The van der Waals surface area contributed by atoms with Crippen molar-refractivity contribution in [3.63, 3.8) is 0 Å². The Morgan fingerprint density at radius 1 is 1.50 bits per heavy atom. The lowest BCUT2D eigenvalue weighted by Crippen LogP contribution is -2.04. The van der Waals surface area contributed by atoms with Gasteiger partial charge in [-0.15, -0.1) is 12.6 Å². The molecule has 2 rings (SSSR count). The van der Waals surface area contributed by atoms with E-state index in [0.717, 1.165) is 0 Å². The molecule has 2 aromatic rings. The first-order valence-corrected chi connectivity index (χ1v) is 6.60. The summed E-state index contributed by atoms with van der Waals surface area (Å²) in [6.45, 7) is 1.74. The molecule has 3 N–H and O–H groups in total. The average Bonchev–Trinajstić information content (AvgIpc) is 2.83. The van der Waals surface area contributed by atoms with Crippen LogP contribution >= 0.6 is 12.6 Å². The number of thiol groups is 1. The number of furan rings is 1. The molecule has 8 heteroatoms. The molecule has 1 aromatic carbocycles. The molecule has 0 fully saturated rings. The Morgan fingerprint density at radius 2 is 2.18 bits per heavy atom. The number of hydrogen-bond acceptors (Lipinski definition) is 5. The molecule has 0 aliphatic rings. The van der Waals surface area contributed by atoms with Crippen molar-refractivity contribution < 1.29 is 27.8 Å². The van der Waals surface area contributed by atoms with Crippen LogP contribution in [-0.4, -0.2) is 17.7 Å². The Kier molecular flexibility index (Phi) is 4.60. The van der Waals surface area contributed by atoms with Gasteiger partial charge in [-0.1, -0.05) is 0 Å². The van der Waals surface area contributed by atoms with E-state index in [-0.39, 0.29) is 17.6 Å². The zero-order chi connectivity index (χ0) is 16.4. The molecule has 0 radical (unpaired) electrons. The number of alkyl halides is 2. The number of nitrogens with two attached hydrogens (primary N) is 1. The summed E-state index contributed by atoms with van der Waals surface area (Å²) < 4.78 is 36.0. The van der Waals surface area contributed by atoms with Crippen LogP contribution in [0.2, 0.25) is 0 Å². The number of ether oxygens (including phenoxy) is 1. The number of allylic oxidation sites excluding steroid dienone is 1. The SMILES string of the molecule is C/C(N)=C(/S)COc1ccc2oc(C(F)F)c(C(=O)O)c2c1. The quantitative estimate of drug-likeness (QED) is 0.730. The molecule has 0 saturated carbocycles. The summed E-state index contributed by atoms with van der Waals surface area (Å²) in [6.07, 6.45) is -3.02. The first kappa shape index (κ1) is 16.2. The van der Waals surface area contributed by atoms with Crippen molar-refractivity contribution in [3.8, 4) is 5.75 Å². The van der Waals surface area contributed by atoms with Gasteiger partial charge in [0.15, 0.2) is 5.76 Å². The Balaban J connectivity index is 2.43. The summed E-state index contributed by atoms with van der Waals surface area (Å²) in [4.78, 5) is 11.7. The van der Waals surface area contributed by atoms with E-state index in [9.17, 15) is 13.6 Å². The number of carbonyl (C=O) groups is 1. The van der Waals surface area contributed by atoms with E-state index >= 15 is 0 Å². The number of hydrogen-bond donors (Lipinski definition) is 3. The van der Waals surface area contributed by atoms with Gasteiger partial charge in [-0.25, -0.2) is 13.6 Å². The highest BCUT2D eigenvalue weighted by Gasteiger charge is 2.26. The molecule has 0 unspecified atom stereocenters. The van der Waals surface area contributed by atoms with Gasteiger partial charge in [0, 0.05) is 16.0 Å². The van der Waals surface area contributed by atoms with Gasteiger partial charge in [0.2, 0.25) is 0 Å². The van der Waals surface area contributed by atoms with Gasteiger partial charge in [-0.05, 0) is 25.1 Å². The van der Waals surface area contributed by atoms with Gasteiger partial charge in [-0.3, -0.25) is 0 Å². The number of carboxylic acid groups (broad SMARTS) is 1. The standard InChI is InChI=1S/C14H13F2NO4S/c1-6(17)10(22)5-20-7-2-3-9-8(4-7)11(14(18)19)12(21-9)13(15)16/h2-4,13,22H,5,17H2,1H3,(H,18,19)/b10-6-. The van der Waals surface area contributed by atoms with E-state index < -0.39 is 23.7 Å². The lowest BCUT2D eigenvalue weighted by atomic mass is 10.1. The molecular weight excluding hydrogens is 316 g/mol. The second-order valence-corrected chi connectivity index (χ2v) is 5.06. The highest BCUT2D eigenvalue weighted by molar-refractivity contribution is 7.84. The minimum absolute atomic E-state index is 0.0504. The largest absolute Gasteiger partial charge is 0.488 e. The monoisotopic (exact) mass is 329 g/mol. The lowest BCUT2D eigenvalue weighted by molar-refractivity contribution is 0.0676. The van der Waals surface area contributed by atoms with Crippen LogP contribution in [0.5, 0.6) is 5.75 Å². The topological polar surface area (TPSA) is 85.7 Å². The third-order valence-electron chi connectivity index (χ3n) is 2.93. The van der Waals surface area contributed by atoms with Crippen molar-refractivity contribution in [2.24, 2.45) is 5.73 Å². The van der Waals surface area contributed by atoms with Crippen LogP contribution in [0.3, 0.4) is 0 Å². The number of aromatic carboxylic acids is 1. The van der Waals surface area contributed by atoms with E-state index in [4.69, 9.17) is 20.0 Å². The summed E-state index contributed by atoms with van der Waals surface area (Å²) >= 11 is 4.13. The van der Waals surface area contributed by atoms with Crippen LogP contribution in [0, 0.1) is 0 Å². The molecular formula is C14H13F2NO4S. The van der Waals surface area contributed by atoms with Crippen molar-refractivity contribution >= 4 is 29.6 Å². The van der Waals surface area contributed by atoms with Crippen LogP contribution in [0.4, 0.5) is 8.78 Å². The van der Waals surface area contributed by atoms with Crippen LogP contribution in [-0.2, 0) is 0 Å². The predicted molar refractivity (Wildman–Crippen MR) is 79.5 cm³/mol. The predicted octanol–water partition coefficient (Wildman–Crippen LogP) is 3.57. The first-order chi connectivity index (χ1) is 10.3. The van der Waals surface area contributed by atoms with Crippen LogP contribution in [0.15, 0.2) is 33.2 Å². The van der Waals surface area contributed by atoms with Gasteiger partial charge in [-0.2, -0.15) is 0 Å². The van der Waals surface area contributed by atoms with Gasteiger partial charge in [0.05, 0.1) is 0 Å². The summed E-state index contributed by atoms with van der Waals surface area (Å²) in [5.74, 6) is -2.06. The molecule has 0 aliphatic heterocycles.